The fraction of sp³-hybridized carbons (Fsp3) is 0.0769. The molecule has 0 spiro atoms. The summed E-state index contributed by atoms with van der Waals surface area (Å²) in [5.41, 5.74) is 3.61. The summed E-state index contributed by atoms with van der Waals surface area (Å²) < 4.78 is 38.8. The number of hydrogen-bond acceptors (Lipinski definition) is 2. The van der Waals surface area contributed by atoms with Crippen LogP contribution in [0.3, 0.4) is 0 Å². The topological polar surface area (TPSA) is 38.0 Å². The Morgan fingerprint density at radius 2 is 1.44 bits per heavy atom. The zero-order valence-electron chi connectivity index (χ0n) is 9.33. The van der Waals surface area contributed by atoms with E-state index in [1.165, 1.54) is 30.3 Å². The van der Waals surface area contributed by atoms with E-state index in [0.29, 0.717) is 11.1 Å². The largest absolute Gasteiger partial charge is 0.271 e. The first-order chi connectivity index (χ1) is 8.61. The van der Waals surface area contributed by atoms with Crippen LogP contribution < -0.4 is 11.3 Å². The van der Waals surface area contributed by atoms with E-state index in [9.17, 15) is 13.2 Å². The van der Waals surface area contributed by atoms with Crippen LogP contribution in [0.5, 0.6) is 0 Å². The van der Waals surface area contributed by atoms with Gasteiger partial charge in [0.15, 0.2) is 11.6 Å². The van der Waals surface area contributed by atoms with E-state index in [4.69, 9.17) is 5.84 Å². The normalized spacial score (nSPS) is 12.4. The van der Waals surface area contributed by atoms with E-state index in [-0.39, 0.29) is 5.82 Å². The van der Waals surface area contributed by atoms with Gasteiger partial charge in [0, 0.05) is 0 Å². The van der Waals surface area contributed by atoms with Crippen molar-refractivity contribution in [3.05, 3.63) is 71.0 Å². The maximum atomic E-state index is 13.2. The van der Waals surface area contributed by atoms with Crippen molar-refractivity contribution in [2.45, 2.75) is 6.04 Å². The van der Waals surface area contributed by atoms with Gasteiger partial charge in [0.05, 0.1) is 6.04 Å². The summed E-state index contributed by atoms with van der Waals surface area (Å²) in [5, 5.41) is 0. The fourth-order valence-corrected chi connectivity index (χ4v) is 1.73. The average molecular weight is 252 g/mol. The third-order valence-corrected chi connectivity index (χ3v) is 2.65. The van der Waals surface area contributed by atoms with Crippen molar-refractivity contribution in [2.75, 3.05) is 0 Å². The highest BCUT2D eigenvalue weighted by molar-refractivity contribution is 5.32. The van der Waals surface area contributed by atoms with Gasteiger partial charge in [-0.1, -0.05) is 18.2 Å². The van der Waals surface area contributed by atoms with Crippen LogP contribution in [-0.4, -0.2) is 0 Å². The lowest BCUT2D eigenvalue weighted by Gasteiger charge is -2.17. The highest BCUT2D eigenvalue weighted by Gasteiger charge is 2.14. The Balaban J connectivity index is 2.38. The molecule has 0 aliphatic heterocycles. The van der Waals surface area contributed by atoms with Gasteiger partial charge in [0.2, 0.25) is 0 Å². The van der Waals surface area contributed by atoms with Gasteiger partial charge in [-0.15, -0.1) is 0 Å². The van der Waals surface area contributed by atoms with Crippen molar-refractivity contribution in [1.82, 2.24) is 5.43 Å². The molecule has 0 saturated carbocycles. The molecule has 5 heteroatoms. The summed E-state index contributed by atoms with van der Waals surface area (Å²) in [4.78, 5) is 0. The van der Waals surface area contributed by atoms with Crippen molar-refractivity contribution in [1.29, 1.82) is 0 Å². The van der Waals surface area contributed by atoms with Gasteiger partial charge in [-0.25, -0.2) is 18.6 Å². The first-order valence-electron chi connectivity index (χ1n) is 5.28. The van der Waals surface area contributed by atoms with Crippen LogP contribution in [0.25, 0.3) is 0 Å². The smallest absolute Gasteiger partial charge is 0.159 e. The van der Waals surface area contributed by atoms with Gasteiger partial charge in [-0.05, 0) is 35.4 Å². The van der Waals surface area contributed by atoms with Crippen molar-refractivity contribution in [2.24, 2.45) is 5.84 Å². The summed E-state index contributed by atoms with van der Waals surface area (Å²) in [6, 6.07) is 8.59. The Morgan fingerprint density at radius 1 is 0.833 bits per heavy atom. The standard InChI is InChI=1S/C13H11F3N2/c14-10-4-1-8(2-5-10)13(18-17)9-3-6-11(15)12(16)7-9/h1-7,13,18H,17H2. The molecule has 0 aliphatic rings. The molecule has 2 aromatic rings. The molecule has 2 aromatic carbocycles. The molecule has 0 bridgehead atoms. The van der Waals surface area contributed by atoms with Gasteiger partial charge >= 0.3 is 0 Å². The lowest BCUT2D eigenvalue weighted by Crippen LogP contribution is -2.29. The third-order valence-electron chi connectivity index (χ3n) is 2.65. The summed E-state index contributed by atoms with van der Waals surface area (Å²) in [6.07, 6.45) is 0. The van der Waals surface area contributed by atoms with E-state index in [2.05, 4.69) is 5.43 Å². The fourth-order valence-electron chi connectivity index (χ4n) is 1.73. The molecule has 0 amide bonds. The Labute approximate surface area is 102 Å². The number of rotatable bonds is 3. The van der Waals surface area contributed by atoms with Crippen molar-refractivity contribution >= 4 is 0 Å². The Bertz CT molecular complexity index is 540. The predicted octanol–water partition coefficient (Wildman–Crippen LogP) is 2.66. The molecule has 0 heterocycles. The van der Waals surface area contributed by atoms with Crippen LogP contribution in [0, 0.1) is 17.5 Å². The number of benzene rings is 2. The molecule has 2 nitrogen and oxygen atoms in total. The number of nitrogens with one attached hydrogen (secondary N) is 1. The van der Waals surface area contributed by atoms with E-state index < -0.39 is 17.7 Å². The molecule has 18 heavy (non-hydrogen) atoms. The highest BCUT2D eigenvalue weighted by Crippen LogP contribution is 2.23. The molecule has 0 radical (unpaired) electrons. The molecule has 1 unspecified atom stereocenters. The average Bonchev–Trinajstić information content (AvgIpc) is 2.37. The van der Waals surface area contributed by atoms with Crippen LogP contribution in [0.15, 0.2) is 42.5 Å². The second-order valence-electron chi connectivity index (χ2n) is 3.82. The predicted molar refractivity (Wildman–Crippen MR) is 61.9 cm³/mol. The molecule has 94 valence electrons. The van der Waals surface area contributed by atoms with Crippen molar-refractivity contribution in [3.8, 4) is 0 Å². The molecule has 0 saturated heterocycles. The lowest BCUT2D eigenvalue weighted by molar-refractivity contribution is 0.504. The van der Waals surface area contributed by atoms with Gasteiger partial charge in [-0.3, -0.25) is 5.84 Å². The van der Waals surface area contributed by atoms with Crippen LogP contribution in [-0.2, 0) is 0 Å². The minimum atomic E-state index is -0.949. The maximum Gasteiger partial charge on any atom is 0.159 e. The summed E-state index contributed by atoms with van der Waals surface area (Å²) >= 11 is 0. The Hall–Kier alpha value is -1.85. The van der Waals surface area contributed by atoms with E-state index >= 15 is 0 Å². The molecule has 0 aliphatic carbocycles. The summed E-state index contributed by atoms with van der Waals surface area (Å²) in [6.45, 7) is 0. The number of hydrogen-bond donors (Lipinski definition) is 2. The van der Waals surface area contributed by atoms with Crippen molar-refractivity contribution in [3.63, 3.8) is 0 Å². The molecule has 3 N–H and O–H groups in total. The SMILES string of the molecule is NNC(c1ccc(F)cc1)c1ccc(F)c(F)c1. The number of nitrogens with two attached hydrogens (primary N) is 1. The highest BCUT2D eigenvalue weighted by atomic mass is 19.2. The van der Waals surface area contributed by atoms with Gasteiger partial charge in [0.1, 0.15) is 5.82 Å². The summed E-state index contributed by atoms with van der Waals surface area (Å²) in [7, 11) is 0. The summed E-state index contributed by atoms with van der Waals surface area (Å²) in [5.74, 6) is 3.16. The van der Waals surface area contributed by atoms with E-state index in [0.717, 1.165) is 12.1 Å². The monoisotopic (exact) mass is 252 g/mol. The van der Waals surface area contributed by atoms with E-state index in [1.54, 1.807) is 0 Å². The zero-order valence-corrected chi connectivity index (χ0v) is 9.33. The number of hydrazine groups is 1. The minimum Gasteiger partial charge on any atom is -0.271 e. The first-order valence-corrected chi connectivity index (χ1v) is 5.28. The Morgan fingerprint density at radius 3 is 2.00 bits per heavy atom. The van der Waals surface area contributed by atoms with E-state index in [1.807, 2.05) is 0 Å². The van der Waals surface area contributed by atoms with Gasteiger partial charge in [0.25, 0.3) is 0 Å². The second kappa shape index (κ2) is 5.20. The molecule has 2 rings (SSSR count). The quantitative estimate of drug-likeness (QED) is 0.651. The maximum absolute atomic E-state index is 13.2. The van der Waals surface area contributed by atoms with Crippen LogP contribution in [0.2, 0.25) is 0 Å². The molecular weight excluding hydrogens is 241 g/mol. The van der Waals surface area contributed by atoms with Gasteiger partial charge in [-0.2, -0.15) is 0 Å². The molecular formula is C13H11F3N2. The van der Waals surface area contributed by atoms with Crippen molar-refractivity contribution < 1.29 is 13.2 Å². The molecule has 1 atom stereocenters. The van der Waals surface area contributed by atoms with Crippen LogP contribution >= 0.6 is 0 Å². The van der Waals surface area contributed by atoms with Crippen LogP contribution in [0.1, 0.15) is 17.2 Å². The van der Waals surface area contributed by atoms with Crippen LogP contribution in [0.4, 0.5) is 13.2 Å². The first kappa shape index (κ1) is 12.6. The Kier molecular flexibility index (Phi) is 3.64. The minimum absolute atomic E-state index is 0.375. The lowest BCUT2D eigenvalue weighted by atomic mass is 9.99. The third kappa shape index (κ3) is 2.52. The number of halogens is 3. The molecule has 0 aromatic heterocycles. The second-order valence-corrected chi connectivity index (χ2v) is 3.82. The van der Waals surface area contributed by atoms with Gasteiger partial charge < -0.3 is 0 Å². The zero-order chi connectivity index (χ0) is 13.1. The molecule has 0 fully saturated rings.